The van der Waals surface area contributed by atoms with Gasteiger partial charge < -0.3 is 9.88 Å². The van der Waals surface area contributed by atoms with E-state index in [2.05, 4.69) is 17.2 Å². The molecule has 0 bridgehead atoms. The number of benzene rings is 1. The Kier molecular flexibility index (Phi) is 5.80. The number of amides is 1. The van der Waals surface area contributed by atoms with Crippen molar-refractivity contribution in [1.29, 1.82) is 0 Å². The topological polar surface area (TPSA) is 46.9 Å². The second-order valence-corrected chi connectivity index (χ2v) is 5.87. The third kappa shape index (κ3) is 4.60. The molecule has 1 aromatic carbocycles. The number of nitrogens with one attached hydrogen (secondary N) is 1. The van der Waals surface area contributed by atoms with Gasteiger partial charge in [-0.2, -0.15) is 11.8 Å². The van der Waals surface area contributed by atoms with Gasteiger partial charge in [0.15, 0.2) is 0 Å². The van der Waals surface area contributed by atoms with Crippen LogP contribution in [0.3, 0.4) is 0 Å². The quantitative estimate of drug-likeness (QED) is 0.800. The predicted molar refractivity (Wildman–Crippen MR) is 83.0 cm³/mol. The van der Waals surface area contributed by atoms with Gasteiger partial charge in [0.25, 0.3) is 0 Å². The molecule has 0 atom stereocenters. The van der Waals surface area contributed by atoms with Crippen LogP contribution in [0.15, 0.2) is 36.9 Å². The first-order valence-corrected chi connectivity index (χ1v) is 7.97. The Balaban J connectivity index is 1.90. The van der Waals surface area contributed by atoms with E-state index in [4.69, 9.17) is 0 Å². The summed E-state index contributed by atoms with van der Waals surface area (Å²) < 4.78 is 15.6. The number of hydrogen-bond acceptors (Lipinski definition) is 3. The summed E-state index contributed by atoms with van der Waals surface area (Å²) >= 11 is 1.73. The number of imidazole rings is 1. The van der Waals surface area contributed by atoms with Crippen LogP contribution in [0, 0.1) is 5.82 Å². The highest BCUT2D eigenvalue weighted by Crippen LogP contribution is 2.15. The second kappa shape index (κ2) is 7.83. The third-order valence-corrected chi connectivity index (χ3v) is 3.86. The molecule has 4 nitrogen and oxygen atoms in total. The molecule has 1 aromatic heterocycles. The average Bonchev–Trinajstić information content (AvgIpc) is 2.99. The molecule has 2 rings (SSSR count). The van der Waals surface area contributed by atoms with E-state index in [1.165, 1.54) is 6.07 Å². The van der Waals surface area contributed by atoms with Crippen molar-refractivity contribution in [2.45, 2.75) is 19.9 Å². The van der Waals surface area contributed by atoms with Crippen molar-refractivity contribution in [2.24, 2.45) is 0 Å². The highest BCUT2D eigenvalue weighted by Gasteiger charge is 2.06. The van der Waals surface area contributed by atoms with Gasteiger partial charge in [-0.3, -0.25) is 4.79 Å². The number of hydrogen-bond donors (Lipinski definition) is 1. The zero-order valence-corrected chi connectivity index (χ0v) is 12.7. The van der Waals surface area contributed by atoms with Crippen molar-refractivity contribution in [3.8, 4) is 5.69 Å². The van der Waals surface area contributed by atoms with Gasteiger partial charge in [-0.05, 0) is 23.4 Å². The lowest BCUT2D eigenvalue weighted by Crippen LogP contribution is -2.23. The lowest BCUT2D eigenvalue weighted by molar-refractivity contribution is -0.120. The molecule has 1 N–H and O–H groups in total. The summed E-state index contributed by atoms with van der Waals surface area (Å²) in [6.07, 6.45) is 5.33. The van der Waals surface area contributed by atoms with Crippen LogP contribution in [0.2, 0.25) is 0 Å². The van der Waals surface area contributed by atoms with Crippen LogP contribution in [0.25, 0.3) is 5.69 Å². The molecular weight excluding hydrogens is 289 g/mol. The highest BCUT2D eigenvalue weighted by molar-refractivity contribution is 7.99. The number of halogens is 1. The average molecular weight is 307 g/mol. The van der Waals surface area contributed by atoms with Crippen LogP contribution in [-0.4, -0.2) is 27.0 Å². The number of thioether (sulfide) groups is 1. The minimum atomic E-state index is -0.332. The molecule has 0 fully saturated rings. The Morgan fingerprint density at radius 2 is 2.33 bits per heavy atom. The molecule has 1 heterocycles. The molecule has 6 heteroatoms. The Bertz CT molecular complexity index is 587. The first-order chi connectivity index (χ1) is 10.2. The lowest BCUT2D eigenvalue weighted by atomic mass is 10.2. The minimum absolute atomic E-state index is 0.00459. The maximum Gasteiger partial charge on any atom is 0.221 e. The molecule has 2 aromatic rings. The van der Waals surface area contributed by atoms with Crippen molar-refractivity contribution < 1.29 is 9.18 Å². The summed E-state index contributed by atoms with van der Waals surface area (Å²) in [4.78, 5) is 15.5. The normalized spacial score (nSPS) is 10.6. The van der Waals surface area contributed by atoms with Crippen molar-refractivity contribution >= 4 is 17.7 Å². The van der Waals surface area contributed by atoms with Crippen LogP contribution < -0.4 is 5.32 Å². The van der Waals surface area contributed by atoms with Gasteiger partial charge in [-0.1, -0.05) is 13.0 Å². The summed E-state index contributed by atoms with van der Waals surface area (Å²) in [5, 5.41) is 2.80. The van der Waals surface area contributed by atoms with Crippen molar-refractivity contribution in [3.05, 3.63) is 48.3 Å². The fourth-order valence-corrected chi connectivity index (χ4v) is 2.49. The number of nitrogens with zero attached hydrogens (tertiary/aromatic N) is 2. The molecule has 0 saturated heterocycles. The molecule has 0 aliphatic rings. The summed E-state index contributed by atoms with van der Waals surface area (Å²) in [6, 6.07) is 4.93. The van der Waals surface area contributed by atoms with Gasteiger partial charge in [-0.25, -0.2) is 9.37 Å². The summed E-state index contributed by atoms with van der Waals surface area (Å²) in [7, 11) is 0. The first kappa shape index (κ1) is 15.6. The van der Waals surface area contributed by atoms with Crippen LogP contribution >= 0.6 is 11.8 Å². The van der Waals surface area contributed by atoms with E-state index in [0.717, 1.165) is 17.1 Å². The van der Waals surface area contributed by atoms with Crippen molar-refractivity contribution in [3.63, 3.8) is 0 Å². The molecule has 0 aliphatic heterocycles. The number of carbonyl (C=O) groups excluding carboxylic acids is 1. The smallest absolute Gasteiger partial charge is 0.221 e. The molecule has 0 aliphatic carbocycles. The molecule has 0 radical (unpaired) electrons. The van der Waals surface area contributed by atoms with Crippen molar-refractivity contribution in [2.75, 3.05) is 11.5 Å². The van der Waals surface area contributed by atoms with Gasteiger partial charge in [-0.15, -0.1) is 0 Å². The van der Waals surface area contributed by atoms with Gasteiger partial charge in [0.05, 0.1) is 12.0 Å². The second-order valence-electron chi connectivity index (χ2n) is 4.48. The molecule has 1 amide bonds. The molecule has 0 spiro atoms. The molecule has 0 unspecified atom stereocenters. The lowest BCUT2D eigenvalue weighted by Gasteiger charge is -2.08. The predicted octanol–water partition coefficient (Wildman–Crippen LogP) is 2.77. The van der Waals surface area contributed by atoms with E-state index in [9.17, 15) is 9.18 Å². The Hall–Kier alpha value is -1.82. The van der Waals surface area contributed by atoms with Gasteiger partial charge in [0.1, 0.15) is 5.82 Å². The zero-order chi connectivity index (χ0) is 15.1. The zero-order valence-electron chi connectivity index (χ0n) is 11.9. The fraction of sp³-hybridized carbons (Fsp3) is 0.333. The summed E-state index contributed by atoms with van der Waals surface area (Å²) in [5.41, 5.74) is 1.19. The highest BCUT2D eigenvalue weighted by atomic mass is 32.2. The van der Waals surface area contributed by atoms with E-state index in [0.29, 0.717) is 18.7 Å². The van der Waals surface area contributed by atoms with E-state index in [1.807, 2.05) is 0 Å². The standard InChI is InChI=1S/C15H18FN3OS/c1-2-21-8-5-15(20)18-10-12-3-4-14(13(16)9-12)19-7-6-17-11-19/h3-4,6-7,9,11H,2,5,8,10H2,1H3,(H,18,20). The van der Waals surface area contributed by atoms with E-state index < -0.39 is 0 Å². The molecule has 0 saturated carbocycles. The maximum atomic E-state index is 14.0. The summed E-state index contributed by atoms with van der Waals surface area (Å²) in [6.45, 7) is 2.41. The largest absolute Gasteiger partial charge is 0.352 e. The molecule has 112 valence electrons. The van der Waals surface area contributed by atoms with Gasteiger partial charge in [0, 0.05) is 31.1 Å². The summed E-state index contributed by atoms with van der Waals surface area (Å²) in [5.74, 6) is 1.49. The minimum Gasteiger partial charge on any atom is -0.352 e. The van der Waals surface area contributed by atoms with Crippen LogP contribution in [0.1, 0.15) is 18.9 Å². The number of carbonyl (C=O) groups is 1. The Morgan fingerprint density at radius 1 is 1.48 bits per heavy atom. The van der Waals surface area contributed by atoms with E-state index in [1.54, 1.807) is 47.2 Å². The maximum absolute atomic E-state index is 14.0. The monoisotopic (exact) mass is 307 g/mol. The Morgan fingerprint density at radius 3 is 3.00 bits per heavy atom. The fourth-order valence-electron chi connectivity index (χ4n) is 1.87. The van der Waals surface area contributed by atoms with Crippen LogP contribution in [0.4, 0.5) is 4.39 Å². The van der Waals surface area contributed by atoms with Crippen LogP contribution in [0.5, 0.6) is 0 Å². The van der Waals surface area contributed by atoms with E-state index in [-0.39, 0.29) is 11.7 Å². The van der Waals surface area contributed by atoms with Gasteiger partial charge >= 0.3 is 0 Å². The third-order valence-electron chi connectivity index (χ3n) is 2.96. The van der Waals surface area contributed by atoms with Crippen molar-refractivity contribution in [1.82, 2.24) is 14.9 Å². The number of rotatable bonds is 7. The molecule has 21 heavy (non-hydrogen) atoms. The SMILES string of the molecule is CCSCCC(=O)NCc1ccc(-n2ccnc2)c(F)c1. The van der Waals surface area contributed by atoms with Gasteiger partial charge in [0.2, 0.25) is 5.91 Å². The molecular formula is C15H18FN3OS. The number of aromatic nitrogens is 2. The van der Waals surface area contributed by atoms with Crippen LogP contribution in [-0.2, 0) is 11.3 Å². The first-order valence-electron chi connectivity index (χ1n) is 6.82. The van der Waals surface area contributed by atoms with E-state index >= 15 is 0 Å². The Labute approximate surface area is 127 Å².